The van der Waals surface area contributed by atoms with Crippen LogP contribution in [0.5, 0.6) is 0 Å². The standard InChI is InChI=1S/C33H25N3/c1-33(2)27-16-6-9-19-30(27)36(31-20-10-7-17-28(31)33)29-18-8-5-14-25(29)24-13-3-4-15-26(24)32-23(22-34)12-11-21-35-32/h3-21H,1-2H3. The molecule has 0 fully saturated rings. The first-order valence-corrected chi connectivity index (χ1v) is 12.1. The minimum atomic E-state index is -0.119. The summed E-state index contributed by atoms with van der Waals surface area (Å²) in [6, 6.07) is 40.0. The van der Waals surface area contributed by atoms with Gasteiger partial charge in [0.1, 0.15) is 6.07 Å². The van der Waals surface area contributed by atoms with Gasteiger partial charge < -0.3 is 4.90 Å². The molecule has 0 radical (unpaired) electrons. The van der Waals surface area contributed by atoms with E-state index in [1.807, 2.05) is 24.3 Å². The van der Waals surface area contributed by atoms with Crippen LogP contribution in [0, 0.1) is 11.3 Å². The molecule has 0 N–H and O–H groups in total. The Balaban J connectivity index is 1.63. The van der Waals surface area contributed by atoms with Gasteiger partial charge in [0.15, 0.2) is 0 Å². The van der Waals surface area contributed by atoms with Crippen LogP contribution < -0.4 is 4.90 Å². The Bertz CT molecular complexity index is 1590. The number of anilines is 3. The van der Waals surface area contributed by atoms with Crippen LogP contribution in [0.4, 0.5) is 17.1 Å². The van der Waals surface area contributed by atoms with E-state index >= 15 is 0 Å². The van der Waals surface area contributed by atoms with E-state index in [0.29, 0.717) is 11.3 Å². The van der Waals surface area contributed by atoms with Crippen molar-refractivity contribution in [3.05, 3.63) is 132 Å². The molecule has 2 heterocycles. The lowest BCUT2D eigenvalue weighted by molar-refractivity contribution is 0.632. The van der Waals surface area contributed by atoms with Crippen molar-refractivity contribution in [2.45, 2.75) is 19.3 Å². The molecule has 0 atom stereocenters. The quantitative estimate of drug-likeness (QED) is 0.270. The van der Waals surface area contributed by atoms with Gasteiger partial charge in [-0.25, -0.2) is 0 Å². The molecule has 5 aromatic rings. The maximum atomic E-state index is 9.77. The molecular formula is C33H25N3. The molecule has 3 nitrogen and oxygen atoms in total. The lowest BCUT2D eigenvalue weighted by atomic mass is 9.73. The van der Waals surface area contributed by atoms with Gasteiger partial charge in [-0.2, -0.15) is 5.26 Å². The van der Waals surface area contributed by atoms with Crippen molar-refractivity contribution >= 4 is 17.1 Å². The molecule has 3 heteroatoms. The second kappa shape index (κ2) is 8.52. The Morgan fingerprint density at radius 1 is 0.611 bits per heavy atom. The molecule has 6 rings (SSSR count). The molecule has 4 aromatic carbocycles. The van der Waals surface area contributed by atoms with Crippen LogP contribution >= 0.6 is 0 Å². The average Bonchev–Trinajstić information content (AvgIpc) is 2.93. The number of nitrogens with zero attached hydrogens (tertiary/aromatic N) is 3. The number of para-hydroxylation sites is 3. The summed E-state index contributed by atoms with van der Waals surface area (Å²) in [5.41, 5.74) is 10.3. The molecule has 0 bridgehead atoms. The maximum Gasteiger partial charge on any atom is 0.101 e. The van der Waals surface area contributed by atoms with E-state index in [4.69, 9.17) is 0 Å². The van der Waals surface area contributed by atoms with Crippen LogP contribution in [0.1, 0.15) is 30.5 Å². The summed E-state index contributed by atoms with van der Waals surface area (Å²) >= 11 is 0. The summed E-state index contributed by atoms with van der Waals surface area (Å²) in [5, 5.41) is 9.77. The van der Waals surface area contributed by atoms with Gasteiger partial charge in [-0.3, -0.25) is 4.98 Å². The summed E-state index contributed by atoms with van der Waals surface area (Å²) in [5.74, 6) is 0. The summed E-state index contributed by atoms with van der Waals surface area (Å²) in [6.45, 7) is 4.60. The number of hydrogen-bond acceptors (Lipinski definition) is 3. The molecule has 1 aliphatic rings. The molecule has 1 aliphatic heterocycles. The Morgan fingerprint density at radius 3 is 1.78 bits per heavy atom. The molecule has 0 saturated heterocycles. The van der Waals surface area contributed by atoms with Crippen LogP contribution in [-0.4, -0.2) is 4.98 Å². The van der Waals surface area contributed by atoms with Crippen molar-refractivity contribution in [1.82, 2.24) is 4.98 Å². The van der Waals surface area contributed by atoms with Gasteiger partial charge in [-0.05, 0) is 47.0 Å². The fourth-order valence-electron chi connectivity index (χ4n) is 5.46. The number of hydrogen-bond donors (Lipinski definition) is 0. The highest BCUT2D eigenvalue weighted by Crippen LogP contribution is 2.53. The highest BCUT2D eigenvalue weighted by Gasteiger charge is 2.37. The Labute approximate surface area is 211 Å². The number of benzene rings is 4. The van der Waals surface area contributed by atoms with Crippen LogP contribution in [0.3, 0.4) is 0 Å². The summed E-state index contributed by atoms with van der Waals surface area (Å²) < 4.78 is 0. The van der Waals surface area contributed by atoms with E-state index in [9.17, 15) is 5.26 Å². The molecule has 172 valence electrons. The zero-order valence-corrected chi connectivity index (χ0v) is 20.3. The zero-order valence-electron chi connectivity index (χ0n) is 20.3. The van der Waals surface area contributed by atoms with Gasteiger partial charge in [0, 0.05) is 22.7 Å². The van der Waals surface area contributed by atoms with Gasteiger partial charge in [0.25, 0.3) is 0 Å². The van der Waals surface area contributed by atoms with Crippen molar-refractivity contribution in [3.8, 4) is 28.5 Å². The van der Waals surface area contributed by atoms with E-state index < -0.39 is 0 Å². The largest absolute Gasteiger partial charge is 0.309 e. The van der Waals surface area contributed by atoms with Crippen LogP contribution in [0.2, 0.25) is 0 Å². The monoisotopic (exact) mass is 463 g/mol. The van der Waals surface area contributed by atoms with E-state index in [0.717, 1.165) is 22.4 Å². The van der Waals surface area contributed by atoms with Gasteiger partial charge in [0.05, 0.1) is 28.3 Å². The van der Waals surface area contributed by atoms with E-state index in [-0.39, 0.29) is 5.41 Å². The summed E-state index contributed by atoms with van der Waals surface area (Å²) in [4.78, 5) is 6.98. The Morgan fingerprint density at radius 2 is 1.14 bits per heavy atom. The molecule has 0 aliphatic carbocycles. The van der Waals surface area contributed by atoms with Gasteiger partial charge in [0.2, 0.25) is 0 Å². The van der Waals surface area contributed by atoms with E-state index in [1.165, 1.54) is 22.5 Å². The molecule has 0 saturated carbocycles. The first kappa shape index (κ1) is 21.8. The van der Waals surface area contributed by atoms with Gasteiger partial charge >= 0.3 is 0 Å². The minimum absolute atomic E-state index is 0.119. The van der Waals surface area contributed by atoms with Crippen LogP contribution in [0.25, 0.3) is 22.4 Å². The number of aromatic nitrogens is 1. The molecular weight excluding hydrogens is 438 g/mol. The fraction of sp³-hybridized carbons (Fsp3) is 0.0909. The third-order valence-electron chi connectivity index (χ3n) is 7.18. The number of fused-ring (bicyclic) bond motifs is 2. The first-order valence-electron chi connectivity index (χ1n) is 12.1. The number of rotatable bonds is 3. The highest BCUT2D eigenvalue weighted by molar-refractivity contribution is 5.96. The lowest BCUT2D eigenvalue weighted by Crippen LogP contribution is -2.30. The molecule has 0 amide bonds. The van der Waals surface area contributed by atoms with Gasteiger partial charge in [-0.1, -0.05) is 92.7 Å². The van der Waals surface area contributed by atoms with Gasteiger partial charge in [-0.15, -0.1) is 0 Å². The third-order valence-corrected chi connectivity index (χ3v) is 7.18. The first-order chi connectivity index (χ1) is 17.6. The van der Waals surface area contributed by atoms with E-state index in [1.54, 1.807) is 6.20 Å². The lowest BCUT2D eigenvalue weighted by Gasteiger charge is -2.42. The van der Waals surface area contributed by atoms with Crippen molar-refractivity contribution < 1.29 is 0 Å². The zero-order chi connectivity index (χ0) is 24.7. The topological polar surface area (TPSA) is 39.9 Å². The molecule has 1 aromatic heterocycles. The Hall–Kier alpha value is -4.68. The second-order valence-electron chi connectivity index (χ2n) is 9.57. The van der Waals surface area contributed by atoms with Crippen molar-refractivity contribution in [2.24, 2.45) is 0 Å². The SMILES string of the molecule is CC1(C)c2ccccc2N(c2ccccc2-c2ccccc2-c2ncccc2C#N)c2ccccc21. The smallest absolute Gasteiger partial charge is 0.101 e. The maximum absolute atomic E-state index is 9.77. The number of nitriles is 1. The minimum Gasteiger partial charge on any atom is -0.309 e. The van der Waals surface area contributed by atoms with Crippen molar-refractivity contribution in [3.63, 3.8) is 0 Å². The molecule has 0 spiro atoms. The second-order valence-corrected chi connectivity index (χ2v) is 9.57. The normalized spacial score (nSPS) is 13.4. The summed E-state index contributed by atoms with van der Waals surface area (Å²) in [6.07, 6.45) is 1.75. The molecule has 36 heavy (non-hydrogen) atoms. The molecule has 0 unspecified atom stereocenters. The fourth-order valence-corrected chi connectivity index (χ4v) is 5.46. The predicted molar refractivity (Wildman–Crippen MR) is 147 cm³/mol. The van der Waals surface area contributed by atoms with Crippen LogP contribution in [0.15, 0.2) is 115 Å². The summed E-state index contributed by atoms with van der Waals surface area (Å²) in [7, 11) is 0. The van der Waals surface area contributed by atoms with Crippen LogP contribution in [-0.2, 0) is 5.41 Å². The Kier molecular flexibility index (Phi) is 5.16. The third kappa shape index (κ3) is 3.31. The van der Waals surface area contributed by atoms with E-state index in [2.05, 4.69) is 115 Å². The number of pyridine rings is 1. The average molecular weight is 464 g/mol. The predicted octanol–water partition coefficient (Wildman–Crippen LogP) is 8.40. The highest BCUT2D eigenvalue weighted by atomic mass is 15.2. The van der Waals surface area contributed by atoms with Crippen molar-refractivity contribution in [2.75, 3.05) is 4.90 Å². The van der Waals surface area contributed by atoms with Crippen molar-refractivity contribution in [1.29, 1.82) is 5.26 Å².